The number of anilines is 1. The van der Waals surface area contributed by atoms with Gasteiger partial charge in [0.25, 0.3) is 5.91 Å². The largest absolute Gasteiger partial charge is 0.486 e. The van der Waals surface area contributed by atoms with Gasteiger partial charge in [0.15, 0.2) is 17.2 Å². The molecule has 0 spiro atoms. The highest BCUT2D eigenvalue weighted by molar-refractivity contribution is 6.00. The zero-order chi connectivity index (χ0) is 21.0. The number of rotatable bonds is 0. The highest BCUT2D eigenvalue weighted by atomic mass is 19.1. The van der Waals surface area contributed by atoms with Crippen molar-refractivity contribution >= 4 is 17.4 Å². The third kappa shape index (κ3) is 3.08. The van der Waals surface area contributed by atoms with Gasteiger partial charge in [-0.2, -0.15) is 5.10 Å². The molecular formula is C20H21FN6O3. The Labute approximate surface area is 171 Å². The summed E-state index contributed by atoms with van der Waals surface area (Å²) in [5.41, 5.74) is 0.651. The van der Waals surface area contributed by atoms with Gasteiger partial charge in [-0.05, 0) is 26.8 Å². The van der Waals surface area contributed by atoms with E-state index in [0.29, 0.717) is 47.4 Å². The third-order valence-electron chi connectivity index (χ3n) is 5.22. The Hall–Kier alpha value is -3.43. The van der Waals surface area contributed by atoms with Crippen molar-refractivity contribution in [2.24, 2.45) is 0 Å². The van der Waals surface area contributed by atoms with Crippen LogP contribution in [-0.2, 0) is 6.54 Å². The minimum Gasteiger partial charge on any atom is -0.486 e. The highest BCUT2D eigenvalue weighted by Crippen LogP contribution is 2.35. The molecule has 3 aromatic heterocycles. The predicted octanol–water partition coefficient (Wildman–Crippen LogP) is 1.95. The lowest BCUT2D eigenvalue weighted by Crippen LogP contribution is -2.48. The summed E-state index contributed by atoms with van der Waals surface area (Å²) >= 11 is 0. The summed E-state index contributed by atoms with van der Waals surface area (Å²) in [4.78, 5) is 23.8. The van der Waals surface area contributed by atoms with E-state index in [2.05, 4.69) is 15.4 Å². The maximum atomic E-state index is 14.0. The number of amides is 1. The van der Waals surface area contributed by atoms with Crippen molar-refractivity contribution in [2.75, 3.05) is 18.1 Å². The van der Waals surface area contributed by atoms with Crippen LogP contribution in [0.3, 0.4) is 0 Å². The van der Waals surface area contributed by atoms with E-state index < -0.39 is 11.4 Å². The van der Waals surface area contributed by atoms with Crippen LogP contribution in [0, 0.1) is 5.82 Å². The van der Waals surface area contributed by atoms with Gasteiger partial charge in [0.1, 0.15) is 24.6 Å². The predicted molar refractivity (Wildman–Crippen MR) is 105 cm³/mol. The van der Waals surface area contributed by atoms with Crippen molar-refractivity contribution in [1.82, 2.24) is 24.9 Å². The van der Waals surface area contributed by atoms with Gasteiger partial charge >= 0.3 is 0 Å². The lowest BCUT2D eigenvalue weighted by molar-refractivity contribution is 0.0880. The Bertz CT molecular complexity index is 1160. The molecule has 0 fully saturated rings. The number of carbonyl (C=O) groups excluding carboxylic acids is 1. The first-order valence-electron chi connectivity index (χ1n) is 9.68. The van der Waals surface area contributed by atoms with Gasteiger partial charge in [0.05, 0.1) is 36.7 Å². The molecule has 156 valence electrons. The van der Waals surface area contributed by atoms with Gasteiger partial charge in [-0.3, -0.25) is 4.79 Å². The Morgan fingerprint density at radius 2 is 2.13 bits per heavy atom. The minimum absolute atomic E-state index is 0.0367. The molecule has 3 aromatic rings. The van der Waals surface area contributed by atoms with Crippen LogP contribution in [-0.4, -0.2) is 50.3 Å². The molecule has 2 aliphatic rings. The number of nitrogens with one attached hydrogen (secondary N) is 1. The van der Waals surface area contributed by atoms with Crippen LogP contribution >= 0.6 is 0 Å². The maximum absolute atomic E-state index is 14.0. The molecule has 0 aromatic carbocycles. The number of aromatic nitrogens is 4. The quantitative estimate of drug-likeness (QED) is 0.603. The molecule has 0 saturated carbocycles. The molecule has 0 unspecified atom stereocenters. The van der Waals surface area contributed by atoms with Crippen LogP contribution < -0.4 is 19.7 Å². The van der Waals surface area contributed by atoms with Gasteiger partial charge in [0, 0.05) is 5.56 Å². The van der Waals surface area contributed by atoms with Crippen LogP contribution in [0.4, 0.5) is 10.2 Å². The summed E-state index contributed by atoms with van der Waals surface area (Å²) in [7, 11) is 0. The number of hydrogen-bond donors (Lipinski definition) is 1. The monoisotopic (exact) mass is 412 g/mol. The van der Waals surface area contributed by atoms with Crippen LogP contribution in [0.25, 0.3) is 5.65 Å². The molecule has 0 radical (unpaired) electrons. The summed E-state index contributed by atoms with van der Waals surface area (Å²) in [6, 6.07) is 1.38. The first-order valence-corrected chi connectivity index (χ1v) is 9.68. The average Bonchev–Trinajstić information content (AvgIpc) is 3.10. The zero-order valence-electron chi connectivity index (χ0n) is 16.8. The van der Waals surface area contributed by atoms with Gasteiger partial charge in [-0.1, -0.05) is 0 Å². The Kier molecular flexibility index (Phi) is 4.05. The second-order valence-electron chi connectivity index (χ2n) is 8.29. The molecule has 9 nitrogen and oxygen atoms in total. The lowest BCUT2D eigenvalue weighted by atomic mass is 10.1. The minimum atomic E-state index is -0.709. The summed E-state index contributed by atoms with van der Waals surface area (Å²) in [5, 5.41) is 7.21. The van der Waals surface area contributed by atoms with Crippen molar-refractivity contribution in [3.05, 3.63) is 41.6 Å². The summed E-state index contributed by atoms with van der Waals surface area (Å²) in [6.45, 7) is 6.59. The van der Waals surface area contributed by atoms with Crippen molar-refractivity contribution in [3.8, 4) is 11.6 Å². The molecule has 30 heavy (non-hydrogen) atoms. The third-order valence-corrected chi connectivity index (χ3v) is 5.22. The first kappa shape index (κ1) is 18.6. The smallest absolute Gasteiger partial charge is 0.257 e. The van der Waals surface area contributed by atoms with Crippen molar-refractivity contribution in [1.29, 1.82) is 0 Å². The van der Waals surface area contributed by atoms with Crippen molar-refractivity contribution in [3.63, 3.8) is 0 Å². The molecule has 5 heterocycles. The van der Waals surface area contributed by atoms with Gasteiger partial charge in [-0.15, -0.1) is 0 Å². The van der Waals surface area contributed by atoms with E-state index >= 15 is 0 Å². The SMILES string of the molecule is C[C@@H]1COc2cn3ncc4c3nc2N1Cc1cc(F)cnc1OCC(C)(C)NC4=O. The summed E-state index contributed by atoms with van der Waals surface area (Å²) in [6.07, 6.45) is 4.32. The van der Waals surface area contributed by atoms with Crippen LogP contribution in [0.2, 0.25) is 0 Å². The number of nitrogens with zero attached hydrogens (tertiary/aromatic N) is 5. The Balaban J connectivity index is 1.71. The molecule has 5 rings (SSSR count). The Morgan fingerprint density at radius 1 is 1.30 bits per heavy atom. The van der Waals surface area contributed by atoms with Crippen LogP contribution in [0.5, 0.6) is 11.6 Å². The summed E-state index contributed by atoms with van der Waals surface area (Å²) < 4.78 is 27.3. The fourth-order valence-corrected chi connectivity index (χ4v) is 3.65. The average molecular weight is 412 g/mol. The molecule has 1 N–H and O–H groups in total. The summed E-state index contributed by atoms with van der Waals surface area (Å²) in [5.74, 6) is 0.662. The number of fused-ring (bicyclic) bond motifs is 1. The highest BCUT2D eigenvalue weighted by Gasteiger charge is 2.31. The zero-order valence-corrected chi connectivity index (χ0v) is 16.8. The van der Waals surface area contributed by atoms with E-state index in [1.54, 1.807) is 6.20 Å². The molecule has 0 aliphatic carbocycles. The topological polar surface area (TPSA) is 93.9 Å². The van der Waals surface area contributed by atoms with Crippen molar-refractivity contribution in [2.45, 2.75) is 38.9 Å². The lowest BCUT2D eigenvalue weighted by Gasteiger charge is -2.35. The molecule has 1 amide bonds. The number of halogens is 1. The number of ether oxygens (including phenoxy) is 2. The van der Waals surface area contributed by atoms with Gasteiger partial charge in [0.2, 0.25) is 5.88 Å². The molecular weight excluding hydrogens is 391 g/mol. The Morgan fingerprint density at radius 3 is 2.97 bits per heavy atom. The maximum Gasteiger partial charge on any atom is 0.257 e. The number of pyridine rings is 1. The van der Waals surface area contributed by atoms with Gasteiger partial charge in [-0.25, -0.2) is 18.9 Å². The van der Waals surface area contributed by atoms with E-state index in [1.165, 1.54) is 16.8 Å². The van der Waals surface area contributed by atoms with Crippen molar-refractivity contribution < 1.29 is 18.7 Å². The van der Waals surface area contributed by atoms with E-state index in [0.717, 1.165) is 6.20 Å². The molecule has 2 bridgehead atoms. The van der Waals surface area contributed by atoms with E-state index in [1.807, 2.05) is 25.7 Å². The van der Waals surface area contributed by atoms with E-state index in [9.17, 15) is 9.18 Å². The van der Waals surface area contributed by atoms with Crippen LogP contribution in [0.15, 0.2) is 24.7 Å². The number of carbonyl (C=O) groups is 1. The van der Waals surface area contributed by atoms with E-state index in [4.69, 9.17) is 14.5 Å². The standard InChI is InChI=1S/C20H21FN6O3/c1-11-9-29-15-8-27-16-14(6-23-27)18(28)25-20(2,3)10-30-19-12(4-13(21)5-22-19)7-26(11)17(15)24-16/h4-6,8,11H,7,9-10H2,1-3H3,(H,25,28)/t11-/m1/s1. The van der Waals surface area contributed by atoms with E-state index in [-0.39, 0.29) is 18.6 Å². The molecule has 0 saturated heterocycles. The normalized spacial score (nSPS) is 20.3. The first-order chi connectivity index (χ1) is 14.3. The second-order valence-corrected chi connectivity index (χ2v) is 8.29. The van der Waals surface area contributed by atoms with Crippen LogP contribution in [0.1, 0.15) is 36.7 Å². The molecule has 10 heteroatoms. The van der Waals surface area contributed by atoms with Gasteiger partial charge < -0.3 is 19.7 Å². The fraction of sp³-hybridized carbons (Fsp3) is 0.400. The molecule has 1 atom stereocenters. The molecule has 2 aliphatic heterocycles. The number of hydrogen-bond acceptors (Lipinski definition) is 7. The fourth-order valence-electron chi connectivity index (χ4n) is 3.65. The second kappa shape index (κ2) is 6.54.